The van der Waals surface area contributed by atoms with Gasteiger partial charge in [-0.05, 0) is 12.8 Å². The van der Waals surface area contributed by atoms with Crippen molar-refractivity contribution in [2.24, 2.45) is 0 Å². The summed E-state index contributed by atoms with van der Waals surface area (Å²) >= 11 is 0. The van der Waals surface area contributed by atoms with Crippen molar-refractivity contribution in [3.63, 3.8) is 0 Å². The summed E-state index contributed by atoms with van der Waals surface area (Å²) in [4.78, 5) is 11.3. The Morgan fingerprint density at radius 2 is 2.07 bits per heavy atom. The molecule has 0 aromatic rings. The van der Waals surface area contributed by atoms with E-state index >= 15 is 0 Å². The second-order valence-electron chi connectivity index (χ2n) is 3.70. The monoisotopic (exact) mass is 216 g/mol. The molecule has 0 aliphatic heterocycles. The van der Waals surface area contributed by atoms with Gasteiger partial charge in [0.2, 0.25) is 5.91 Å². The van der Waals surface area contributed by atoms with Gasteiger partial charge in [0.25, 0.3) is 0 Å². The van der Waals surface area contributed by atoms with Crippen LogP contribution in [-0.4, -0.2) is 45.5 Å². The number of methoxy groups -OCH3 is 2. The lowest BCUT2D eigenvalue weighted by Gasteiger charge is -2.13. The average molecular weight is 216 g/mol. The normalized spacial score (nSPS) is 15.7. The highest BCUT2D eigenvalue weighted by Gasteiger charge is 2.22. The van der Waals surface area contributed by atoms with E-state index in [4.69, 9.17) is 9.47 Å². The zero-order valence-electron chi connectivity index (χ0n) is 9.41. The number of hydrogen-bond acceptors (Lipinski definition) is 4. The van der Waals surface area contributed by atoms with Crippen LogP contribution in [0.3, 0.4) is 0 Å². The Kier molecular flexibility index (Phi) is 5.60. The number of rotatable bonds is 8. The van der Waals surface area contributed by atoms with Crippen molar-refractivity contribution in [2.45, 2.75) is 31.6 Å². The lowest BCUT2D eigenvalue weighted by molar-refractivity contribution is -0.121. The van der Waals surface area contributed by atoms with Crippen LogP contribution in [-0.2, 0) is 14.3 Å². The van der Waals surface area contributed by atoms with Gasteiger partial charge >= 0.3 is 0 Å². The third-order valence-electron chi connectivity index (χ3n) is 2.31. The van der Waals surface area contributed by atoms with E-state index in [-0.39, 0.29) is 12.2 Å². The van der Waals surface area contributed by atoms with Crippen LogP contribution in [0.5, 0.6) is 0 Å². The van der Waals surface area contributed by atoms with Gasteiger partial charge in [-0.3, -0.25) is 4.79 Å². The van der Waals surface area contributed by atoms with E-state index in [9.17, 15) is 4.79 Å². The van der Waals surface area contributed by atoms with Gasteiger partial charge in [0.15, 0.2) is 6.29 Å². The molecule has 0 spiro atoms. The molecule has 0 bridgehead atoms. The third kappa shape index (κ3) is 5.71. The van der Waals surface area contributed by atoms with Gasteiger partial charge in [-0.1, -0.05) is 0 Å². The number of carbonyl (C=O) groups is 1. The molecular formula is C10H20N2O3. The van der Waals surface area contributed by atoms with Gasteiger partial charge < -0.3 is 20.1 Å². The second kappa shape index (κ2) is 6.76. The van der Waals surface area contributed by atoms with Crippen molar-refractivity contribution in [2.75, 3.05) is 27.3 Å². The smallest absolute Gasteiger partial charge is 0.221 e. The summed E-state index contributed by atoms with van der Waals surface area (Å²) in [5.41, 5.74) is 0. The van der Waals surface area contributed by atoms with Crippen molar-refractivity contribution < 1.29 is 14.3 Å². The number of carbonyl (C=O) groups excluding carboxylic acids is 1. The average Bonchev–Trinajstić information content (AvgIpc) is 3.02. The van der Waals surface area contributed by atoms with E-state index in [0.29, 0.717) is 25.6 Å². The van der Waals surface area contributed by atoms with Crippen molar-refractivity contribution in [3.8, 4) is 0 Å². The van der Waals surface area contributed by atoms with E-state index in [2.05, 4.69) is 10.6 Å². The fraction of sp³-hybridized carbons (Fsp3) is 0.900. The van der Waals surface area contributed by atoms with Crippen LogP contribution in [0, 0.1) is 0 Å². The zero-order chi connectivity index (χ0) is 11.1. The number of amides is 1. The maximum absolute atomic E-state index is 11.3. The minimum absolute atomic E-state index is 0.122. The number of nitrogens with one attached hydrogen (secondary N) is 2. The maximum atomic E-state index is 11.3. The van der Waals surface area contributed by atoms with Crippen LogP contribution in [0.4, 0.5) is 0 Å². The van der Waals surface area contributed by atoms with Crippen molar-refractivity contribution in [1.82, 2.24) is 10.6 Å². The first-order chi connectivity index (χ1) is 7.26. The topological polar surface area (TPSA) is 59.6 Å². The summed E-state index contributed by atoms with van der Waals surface area (Å²) in [6.07, 6.45) is 2.54. The second-order valence-corrected chi connectivity index (χ2v) is 3.70. The van der Waals surface area contributed by atoms with Crippen LogP contribution in [0.25, 0.3) is 0 Å². The molecule has 0 heterocycles. The Hall–Kier alpha value is -0.650. The summed E-state index contributed by atoms with van der Waals surface area (Å²) in [6, 6.07) is 0.447. The zero-order valence-corrected chi connectivity index (χ0v) is 9.41. The molecule has 0 aromatic carbocycles. The molecule has 1 rings (SSSR count). The Bertz CT molecular complexity index is 191. The third-order valence-corrected chi connectivity index (χ3v) is 2.31. The molecule has 5 nitrogen and oxygen atoms in total. The maximum Gasteiger partial charge on any atom is 0.221 e. The summed E-state index contributed by atoms with van der Waals surface area (Å²) in [5, 5.41) is 6.03. The molecule has 0 aromatic heterocycles. The van der Waals surface area contributed by atoms with Crippen LogP contribution in [0.2, 0.25) is 0 Å². The van der Waals surface area contributed by atoms with Crippen LogP contribution >= 0.6 is 0 Å². The highest BCUT2D eigenvalue weighted by Crippen LogP contribution is 2.18. The fourth-order valence-corrected chi connectivity index (χ4v) is 1.21. The van der Waals surface area contributed by atoms with Crippen molar-refractivity contribution >= 4 is 5.91 Å². The first kappa shape index (κ1) is 12.4. The van der Waals surface area contributed by atoms with Crippen LogP contribution in [0.1, 0.15) is 19.3 Å². The van der Waals surface area contributed by atoms with E-state index in [1.54, 1.807) is 14.2 Å². The van der Waals surface area contributed by atoms with Gasteiger partial charge in [-0.25, -0.2) is 0 Å². The largest absolute Gasteiger partial charge is 0.355 e. The van der Waals surface area contributed by atoms with Gasteiger partial charge in [0.1, 0.15) is 0 Å². The molecule has 1 amide bonds. The Balaban J connectivity index is 1.92. The van der Waals surface area contributed by atoms with Gasteiger partial charge in [-0.15, -0.1) is 0 Å². The van der Waals surface area contributed by atoms with E-state index < -0.39 is 0 Å². The number of ether oxygens (including phenoxy) is 2. The SMILES string of the molecule is COC(CNCCC(=O)NC1CC1)OC. The summed E-state index contributed by atoms with van der Waals surface area (Å²) in [6.45, 7) is 1.26. The summed E-state index contributed by atoms with van der Waals surface area (Å²) in [7, 11) is 3.19. The van der Waals surface area contributed by atoms with Gasteiger partial charge in [0, 0.05) is 39.8 Å². The first-order valence-electron chi connectivity index (χ1n) is 5.32. The highest BCUT2D eigenvalue weighted by molar-refractivity contribution is 5.76. The number of hydrogen-bond donors (Lipinski definition) is 2. The summed E-state index contributed by atoms with van der Waals surface area (Å²) < 4.78 is 9.99. The van der Waals surface area contributed by atoms with Gasteiger partial charge in [-0.2, -0.15) is 0 Å². The molecule has 15 heavy (non-hydrogen) atoms. The Morgan fingerprint density at radius 1 is 1.40 bits per heavy atom. The molecule has 1 fully saturated rings. The molecule has 0 saturated heterocycles. The molecule has 88 valence electrons. The lowest BCUT2D eigenvalue weighted by Crippen LogP contribution is -2.33. The Morgan fingerprint density at radius 3 is 2.60 bits per heavy atom. The van der Waals surface area contributed by atoms with Crippen molar-refractivity contribution in [3.05, 3.63) is 0 Å². The predicted molar refractivity (Wildman–Crippen MR) is 56.5 cm³/mol. The highest BCUT2D eigenvalue weighted by atomic mass is 16.7. The quantitative estimate of drug-likeness (QED) is 0.438. The molecule has 0 atom stereocenters. The first-order valence-corrected chi connectivity index (χ1v) is 5.32. The molecule has 1 aliphatic rings. The lowest BCUT2D eigenvalue weighted by atomic mass is 10.4. The fourth-order valence-electron chi connectivity index (χ4n) is 1.21. The molecule has 0 unspecified atom stereocenters. The molecule has 0 radical (unpaired) electrons. The van der Waals surface area contributed by atoms with Crippen LogP contribution in [0.15, 0.2) is 0 Å². The molecule has 1 saturated carbocycles. The minimum Gasteiger partial charge on any atom is -0.355 e. The van der Waals surface area contributed by atoms with Crippen LogP contribution < -0.4 is 10.6 Å². The van der Waals surface area contributed by atoms with Gasteiger partial charge in [0.05, 0.1) is 0 Å². The minimum atomic E-state index is -0.239. The molecular weight excluding hydrogens is 196 g/mol. The molecule has 5 heteroatoms. The standard InChI is InChI=1S/C10H20N2O3/c1-14-10(15-2)7-11-6-5-9(13)12-8-3-4-8/h8,10-11H,3-7H2,1-2H3,(H,12,13). The molecule has 2 N–H and O–H groups in total. The molecule has 1 aliphatic carbocycles. The van der Waals surface area contributed by atoms with E-state index in [1.165, 1.54) is 0 Å². The van der Waals surface area contributed by atoms with Crippen molar-refractivity contribution in [1.29, 1.82) is 0 Å². The van der Waals surface area contributed by atoms with E-state index in [0.717, 1.165) is 12.8 Å². The van der Waals surface area contributed by atoms with E-state index in [1.807, 2.05) is 0 Å². The predicted octanol–water partition coefficient (Wildman–Crippen LogP) is -0.136. The Labute approximate surface area is 90.5 Å². The summed E-state index contributed by atoms with van der Waals surface area (Å²) in [5.74, 6) is 0.122.